The minimum atomic E-state index is -4.42. The number of hydrogen-bond donors (Lipinski definition) is 3. The molecule has 0 aliphatic carbocycles. The fourth-order valence-corrected chi connectivity index (χ4v) is 3.91. The van der Waals surface area contributed by atoms with Crippen LogP contribution in [0.4, 0.5) is 23.7 Å². The van der Waals surface area contributed by atoms with Crippen LogP contribution in [0.15, 0.2) is 54.6 Å². The number of anilines is 1. The second-order valence-electron chi connectivity index (χ2n) is 8.72. The summed E-state index contributed by atoms with van der Waals surface area (Å²) < 4.78 is 44.4. The van der Waals surface area contributed by atoms with Gasteiger partial charge in [0.05, 0.1) is 24.8 Å². The van der Waals surface area contributed by atoms with Gasteiger partial charge in [0.2, 0.25) is 5.91 Å². The number of carbonyl (C=O) groups is 2. The van der Waals surface area contributed by atoms with Crippen molar-refractivity contribution in [2.45, 2.75) is 32.1 Å². The van der Waals surface area contributed by atoms with E-state index in [1.54, 1.807) is 24.3 Å². The summed E-state index contributed by atoms with van der Waals surface area (Å²) in [5.74, 6) is -0.558. The fourth-order valence-electron chi connectivity index (χ4n) is 3.91. The minimum Gasteiger partial charge on any atom is -0.379 e. The van der Waals surface area contributed by atoms with Crippen molar-refractivity contribution >= 4 is 17.6 Å². The second kappa shape index (κ2) is 12.0. The number of nitrogens with one attached hydrogen (secondary N) is 3. The standard InChI is InChI=1S/C25H31F3N4O3/c1-17(2)22(31-24(34)30-20-6-4-3-5-7-20)23(33)29-16-21(32-12-14-35-15-13-32)18-8-10-19(11-9-18)25(26,27)28/h3-11,17,21-22H,12-16H2,1-2H3,(H,29,33)(H2,30,31,34). The van der Waals surface area contributed by atoms with Crippen molar-refractivity contribution in [1.29, 1.82) is 0 Å². The van der Waals surface area contributed by atoms with Crippen molar-refractivity contribution in [2.24, 2.45) is 5.92 Å². The molecule has 190 valence electrons. The molecule has 2 aromatic rings. The molecule has 7 nitrogen and oxygen atoms in total. The molecule has 1 fully saturated rings. The summed E-state index contributed by atoms with van der Waals surface area (Å²) >= 11 is 0. The number of morpholine rings is 1. The van der Waals surface area contributed by atoms with Gasteiger partial charge in [0.1, 0.15) is 6.04 Å². The Kier molecular flexibility index (Phi) is 9.11. The largest absolute Gasteiger partial charge is 0.416 e. The van der Waals surface area contributed by atoms with Crippen molar-refractivity contribution in [3.63, 3.8) is 0 Å². The van der Waals surface area contributed by atoms with Crippen molar-refractivity contribution in [1.82, 2.24) is 15.5 Å². The number of nitrogens with zero attached hydrogens (tertiary/aromatic N) is 1. The molecule has 2 atom stereocenters. The molecule has 3 rings (SSSR count). The first kappa shape index (κ1) is 26.5. The van der Waals surface area contributed by atoms with Crippen LogP contribution in [0.25, 0.3) is 0 Å². The molecule has 1 saturated heterocycles. The van der Waals surface area contributed by atoms with E-state index in [-0.39, 0.29) is 24.4 Å². The first-order chi connectivity index (χ1) is 16.6. The highest BCUT2D eigenvalue weighted by molar-refractivity contribution is 5.93. The summed E-state index contributed by atoms with van der Waals surface area (Å²) in [6.07, 6.45) is -4.42. The first-order valence-corrected chi connectivity index (χ1v) is 11.5. The highest BCUT2D eigenvalue weighted by Crippen LogP contribution is 2.31. The van der Waals surface area contributed by atoms with Crippen LogP contribution in [0.1, 0.15) is 31.0 Å². The van der Waals surface area contributed by atoms with Crippen LogP contribution in [0, 0.1) is 5.92 Å². The maximum absolute atomic E-state index is 13.0. The quantitative estimate of drug-likeness (QED) is 0.520. The summed E-state index contributed by atoms with van der Waals surface area (Å²) in [6, 6.07) is 12.2. The molecule has 0 bridgehead atoms. The monoisotopic (exact) mass is 492 g/mol. The second-order valence-corrected chi connectivity index (χ2v) is 8.72. The molecule has 35 heavy (non-hydrogen) atoms. The Labute approximate surface area is 203 Å². The van der Waals surface area contributed by atoms with Crippen molar-refractivity contribution in [2.75, 3.05) is 38.2 Å². The van der Waals surface area contributed by atoms with Crippen LogP contribution in [-0.4, -0.2) is 55.7 Å². The lowest BCUT2D eigenvalue weighted by molar-refractivity contribution is -0.137. The molecule has 1 aliphatic heterocycles. The molecule has 2 unspecified atom stereocenters. The predicted octanol–water partition coefficient (Wildman–Crippen LogP) is 4.04. The van der Waals surface area contributed by atoms with Gasteiger partial charge in [-0.2, -0.15) is 13.2 Å². The van der Waals surface area contributed by atoms with Crippen LogP contribution < -0.4 is 16.0 Å². The molecule has 0 radical (unpaired) electrons. The zero-order chi connectivity index (χ0) is 25.4. The average Bonchev–Trinajstić information content (AvgIpc) is 2.83. The number of carbonyl (C=O) groups excluding carboxylic acids is 2. The van der Waals surface area contributed by atoms with Crippen LogP contribution >= 0.6 is 0 Å². The summed E-state index contributed by atoms with van der Waals surface area (Å²) in [5, 5.41) is 8.30. The van der Waals surface area contributed by atoms with Crippen LogP contribution in [0.5, 0.6) is 0 Å². The molecular formula is C25H31F3N4O3. The maximum atomic E-state index is 13.0. The van der Waals surface area contributed by atoms with E-state index in [0.717, 1.165) is 12.1 Å². The summed E-state index contributed by atoms with van der Waals surface area (Å²) in [6.45, 7) is 6.00. The fraction of sp³-hybridized carbons (Fsp3) is 0.440. The molecule has 0 saturated carbocycles. The third-order valence-corrected chi connectivity index (χ3v) is 5.85. The normalized spacial score (nSPS) is 16.4. The Morgan fingerprint density at radius 1 is 1.00 bits per heavy atom. The number of hydrogen-bond acceptors (Lipinski definition) is 4. The van der Waals surface area contributed by atoms with Gasteiger partial charge in [0.25, 0.3) is 0 Å². The number of halogens is 3. The highest BCUT2D eigenvalue weighted by atomic mass is 19.4. The Morgan fingerprint density at radius 2 is 1.63 bits per heavy atom. The van der Waals surface area contributed by atoms with E-state index in [1.807, 2.05) is 19.9 Å². The van der Waals surface area contributed by atoms with Gasteiger partial charge in [-0.05, 0) is 35.7 Å². The van der Waals surface area contributed by atoms with Crippen molar-refractivity contribution in [3.05, 3.63) is 65.7 Å². The van der Waals surface area contributed by atoms with Gasteiger partial charge in [-0.1, -0.05) is 44.2 Å². The van der Waals surface area contributed by atoms with Gasteiger partial charge < -0.3 is 20.7 Å². The Balaban J connectivity index is 1.68. The molecule has 0 spiro atoms. The van der Waals surface area contributed by atoms with E-state index in [1.165, 1.54) is 12.1 Å². The Bertz CT molecular complexity index is 962. The van der Waals surface area contributed by atoms with Gasteiger partial charge >= 0.3 is 12.2 Å². The zero-order valence-electron chi connectivity index (χ0n) is 19.8. The molecule has 3 N–H and O–H groups in total. The number of rotatable bonds is 8. The van der Waals surface area contributed by atoms with E-state index >= 15 is 0 Å². The van der Waals surface area contributed by atoms with Gasteiger partial charge in [0.15, 0.2) is 0 Å². The number of ether oxygens (including phenoxy) is 1. The molecule has 1 aliphatic rings. The number of para-hydroxylation sites is 1. The van der Waals surface area contributed by atoms with Gasteiger partial charge in [-0.3, -0.25) is 9.69 Å². The van der Waals surface area contributed by atoms with Crippen LogP contribution in [0.2, 0.25) is 0 Å². The summed E-state index contributed by atoms with van der Waals surface area (Å²) in [4.78, 5) is 27.5. The predicted molar refractivity (Wildman–Crippen MR) is 127 cm³/mol. The highest BCUT2D eigenvalue weighted by Gasteiger charge is 2.31. The van der Waals surface area contributed by atoms with E-state index < -0.39 is 23.8 Å². The maximum Gasteiger partial charge on any atom is 0.416 e. The summed E-state index contributed by atoms with van der Waals surface area (Å²) in [7, 11) is 0. The third-order valence-electron chi connectivity index (χ3n) is 5.85. The number of alkyl halides is 3. The topological polar surface area (TPSA) is 82.7 Å². The van der Waals surface area contributed by atoms with Crippen molar-refractivity contribution < 1.29 is 27.5 Å². The molecule has 10 heteroatoms. The molecule has 3 amide bonds. The van der Waals surface area contributed by atoms with E-state index in [9.17, 15) is 22.8 Å². The summed E-state index contributed by atoms with van der Waals surface area (Å²) in [5.41, 5.74) is 0.540. The Morgan fingerprint density at radius 3 is 2.20 bits per heavy atom. The van der Waals surface area contributed by atoms with Gasteiger partial charge in [-0.15, -0.1) is 0 Å². The minimum absolute atomic E-state index is 0.176. The lowest BCUT2D eigenvalue weighted by Crippen LogP contribution is -2.52. The lowest BCUT2D eigenvalue weighted by atomic mass is 10.0. The molecule has 0 aromatic heterocycles. The zero-order valence-corrected chi connectivity index (χ0v) is 19.8. The van der Waals surface area contributed by atoms with E-state index in [4.69, 9.17) is 4.74 Å². The van der Waals surface area contributed by atoms with Crippen molar-refractivity contribution in [3.8, 4) is 0 Å². The number of benzene rings is 2. The van der Waals surface area contributed by atoms with E-state index in [0.29, 0.717) is 37.6 Å². The number of amides is 3. The van der Waals surface area contributed by atoms with Crippen LogP contribution in [-0.2, 0) is 15.7 Å². The van der Waals surface area contributed by atoms with E-state index in [2.05, 4.69) is 20.9 Å². The number of urea groups is 1. The Hall–Kier alpha value is -3.11. The molecule has 1 heterocycles. The smallest absolute Gasteiger partial charge is 0.379 e. The lowest BCUT2D eigenvalue weighted by Gasteiger charge is -2.35. The average molecular weight is 493 g/mol. The SMILES string of the molecule is CC(C)C(NC(=O)Nc1ccccc1)C(=O)NCC(c1ccc(C(F)(F)F)cc1)N1CCOCC1. The third kappa shape index (κ3) is 7.69. The molecular weight excluding hydrogens is 461 g/mol. The van der Waals surface area contributed by atoms with Gasteiger partial charge in [0, 0.05) is 25.3 Å². The molecule has 2 aromatic carbocycles. The van der Waals surface area contributed by atoms with Crippen LogP contribution in [0.3, 0.4) is 0 Å². The van der Waals surface area contributed by atoms with Gasteiger partial charge in [-0.25, -0.2) is 4.79 Å². The first-order valence-electron chi connectivity index (χ1n) is 11.5.